The lowest BCUT2D eigenvalue weighted by atomic mass is 9.96. The Labute approximate surface area is 154 Å². The lowest BCUT2D eigenvalue weighted by Crippen LogP contribution is -2.45. The second kappa shape index (κ2) is 9.61. The van der Waals surface area contributed by atoms with Crippen LogP contribution in [0.15, 0.2) is 43.0 Å². The summed E-state index contributed by atoms with van der Waals surface area (Å²) in [7, 11) is 0. The molecule has 3 rings (SSSR count). The molecule has 1 aromatic heterocycles. The smallest absolute Gasteiger partial charge is 0.244 e. The molecule has 2 N–H and O–H groups in total. The van der Waals surface area contributed by atoms with E-state index in [1.54, 1.807) is 6.33 Å². The number of amides is 1. The van der Waals surface area contributed by atoms with Crippen molar-refractivity contribution in [3.8, 4) is 0 Å². The van der Waals surface area contributed by atoms with Crippen molar-refractivity contribution in [3.63, 3.8) is 0 Å². The summed E-state index contributed by atoms with van der Waals surface area (Å²) in [4.78, 5) is 18.5. The highest BCUT2D eigenvalue weighted by atomic mass is 35.5. The van der Waals surface area contributed by atoms with Crippen LogP contribution in [0.25, 0.3) is 0 Å². The van der Waals surface area contributed by atoms with Crippen LogP contribution in [0.5, 0.6) is 0 Å². The molecule has 1 amide bonds. The molecule has 6 nitrogen and oxygen atoms in total. The van der Waals surface area contributed by atoms with Crippen LogP contribution < -0.4 is 5.73 Å². The molecule has 0 saturated carbocycles. The minimum atomic E-state index is -0.577. The average Bonchev–Trinajstić information content (AvgIpc) is 3.07. The standard InChI is InChI=1S/C16H21N5O.2ClH/c17-15(14-6-2-1-3-7-14)16(22)20-8-4-5-13(9-20)10-21-12-18-11-19-21;;/h1-3,6-7,11-13,15H,4-5,8-10,17H2;2*1H. The highest BCUT2D eigenvalue weighted by Gasteiger charge is 2.28. The van der Waals surface area contributed by atoms with Crippen LogP contribution in [-0.2, 0) is 11.3 Å². The van der Waals surface area contributed by atoms with Gasteiger partial charge in [-0.3, -0.25) is 9.48 Å². The van der Waals surface area contributed by atoms with Gasteiger partial charge in [-0.25, -0.2) is 4.98 Å². The van der Waals surface area contributed by atoms with E-state index in [4.69, 9.17) is 5.73 Å². The van der Waals surface area contributed by atoms with Gasteiger partial charge in [0.25, 0.3) is 0 Å². The summed E-state index contributed by atoms with van der Waals surface area (Å²) >= 11 is 0. The van der Waals surface area contributed by atoms with Crippen LogP contribution in [-0.4, -0.2) is 38.7 Å². The molecule has 0 spiro atoms. The minimum Gasteiger partial charge on any atom is -0.341 e. The molecule has 8 heteroatoms. The maximum Gasteiger partial charge on any atom is 0.244 e. The van der Waals surface area contributed by atoms with Crippen molar-refractivity contribution in [2.45, 2.75) is 25.4 Å². The highest BCUT2D eigenvalue weighted by molar-refractivity contribution is 5.85. The van der Waals surface area contributed by atoms with Gasteiger partial charge in [0.2, 0.25) is 5.91 Å². The average molecular weight is 372 g/mol. The predicted octanol–water partition coefficient (Wildman–Crippen LogP) is 2.06. The summed E-state index contributed by atoms with van der Waals surface area (Å²) in [5, 5.41) is 4.14. The number of hydrogen-bond donors (Lipinski definition) is 1. The van der Waals surface area contributed by atoms with E-state index in [0.717, 1.165) is 38.0 Å². The van der Waals surface area contributed by atoms with Gasteiger partial charge in [0.15, 0.2) is 0 Å². The molecule has 24 heavy (non-hydrogen) atoms. The van der Waals surface area contributed by atoms with Crippen LogP contribution in [0.4, 0.5) is 0 Å². The first-order chi connectivity index (χ1) is 10.7. The summed E-state index contributed by atoms with van der Waals surface area (Å²) < 4.78 is 1.83. The van der Waals surface area contributed by atoms with Crippen LogP contribution in [0.2, 0.25) is 0 Å². The minimum absolute atomic E-state index is 0. The number of aromatic nitrogens is 3. The van der Waals surface area contributed by atoms with Crippen LogP contribution >= 0.6 is 24.8 Å². The molecular weight excluding hydrogens is 349 g/mol. The van der Waals surface area contributed by atoms with Gasteiger partial charge in [0.05, 0.1) is 0 Å². The van der Waals surface area contributed by atoms with Crippen LogP contribution in [0, 0.1) is 5.92 Å². The number of carbonyl (C=O) groups is 1. The number of nitrogens with two attached hydrogens (primary N) is 1. The normalized spacial score (nSPS) is 18.2. The lowest BCUT2D eigenvalue weighted by molar-refractivity contribution is -0.134. The largest absolute Gasteiger partial charge is 0.341 e. The molecule has 2 aromatic rings. The Hall–Kier alpha value is -1.63. The van der Waals surface area contributed by atoms with E-state index < -0.39 is 6.04 Å². The van der Waals surface area contributed by atoms with Gasteiger partial charge in [-0.05, 0) is 24.3 Å². The van der Waals surface area contributed by atoms with Crippen molar-refractivity contribution in [1.82, 2.24) is 19.7 Å². The van der Waals surface area contributed by atoms with E-state index in [0.29, 0.717) is 5.92 Å². The fourth-order valence-corrected chi connectivity index (χ4v) is 3.01. The summed E-state index contributed by atoms with van der Waals surface area (Å²) in [6, 6.07) is 8.97. The Kier molecular flexibility index (Phi) is 8.18. The van der Waals surface area contributed by atoms with Crippen molar-refractivity contribution in [2.24, 2.45) is 11.7 Å². The van der Waals surface area contributed by atoms with Gasteiger partial charge in [-0.2, -0.15) is 5.10 Å². The number of piperidine rings is 1. The quantitative estimate of drug-likeness (QED) is 0.891. The Morgan fingerprint density at radius 3 is 2.71 bits per heavy atom. The Morgan fingerprint density at radius 1 is 1.29 bits per heavy atom. The number of benzene rings is 1. The van der Waals surface area contributed by atoms with Crippen molar-refractivity contribution < 1.29 is 4.79 Å². The second-order valence-electron chi connectivity index (χ2n) is 5.80. The summed E-state index contributed by atoms with van der Waals surface area (Å²) in [5.74, 6) is 0.414. The first-order valence-electron chi connectivity index (χ1n) is 7.66. The fraction of sp³-hybridized carbons (Fsp3) is 0.438. The Bertz CT molecular complexity index is 608. The van der Waals surface area contributed by atoms with Gasteiger partial charge in [0, 0.05) is 19.6 Å². The molecule has 0 aliphatic carbocycles. The number of carbonyl (C=O) groups excluding carboxylic acids is 1. The third-order valence-corrected chi connectivity index (χ3v) is 4.17. The van der Waals surface area contributed by atoms with Crippen molar-refractivity contribution in [1.29, 1.82) is 0 Å². The third kappa shape index (κ3) is 4.93. The highest BCUT2D eigenvalue weighted by Crippen LogP contribution is 2.21. The van der Waals surface area contributed by atoms with Crippen LogP contribution in [0.3, 0.4) is 0 Å². The van der Waals surface area contributed by atoms with E-state index in [2.05, 4.69) is 10.1 Å². The number of halogens is 2. The molecule has 1 aromatic carbocycles. The molecule has 0 radical (unpaired) electrons. The van der Waals surface area contributed by atoms with Gasteiger partial charge in [-0.1, -0.05) is 30.3 Å². The Morgan fingerprint density at radius 2 is 2.04 bits per heavy atom. The van der Waals surface area contributed by atoms with E-state index in [1.807, 2.05) is 39.9 Å². The molecule has 1 fully saturated rings. The van der Waals surface area contributed by atoms with Gasteiger partial charge >= 0.3 is 0 Å². The third-order valence-electron chi connectivity index (χ3n) is 4.17. The second-order valence-corrected chi connectivity index (χ2v) is 5.80. The molecule has 1 saturated heterocycles. The van der Waals surface area contributed by atoms with Gasteiger partial charge in [0.1, 0.15) is 18.7 Å². The van der Waals surface area contributed by atoms with E-state index in [9.17, 15) is 4.79 Å². The van der Waals surface area contributed by atoms with Crippen molar-refractivity contribution in [2.75, 3.05) is 13.1 Å². The maximum absolute atomic E-state index is 12.6. The van der Waals surface area contributed by atoms with E-state index >= 15 is 0 Å². The molecule has 0 bridgehead atoms. The summed E-state index contributed by atoms with van der Waals surface area (Å²) in [6.45, 7) is 2.32. The maximum atomic E-state index is 12.6. The first kappa shape index (κ1) is 20.4. The lowest BCUT2D eigenvalue weighted by Gasteiger charge is -2.34. The number of hydrogen-bond acceptors (Lipinski definition) is 4. The predicted molar refractivity (Wildman–Crippen MR) is 97.2 cm³/mol. The molecule has 2 unspecified atom stereocenters. The number of rotatable bonds is 4. The first-order valence-corrected chi connectivity index (χ1v) is 7.66. The van der Waals surface area contributed by atoms with E-state index in [-0.39, 0.29) is 30.7 Å². The molecular formula is C16H23Cl2N5O. The van der Waals surface area contributed by atoms with Gasteiger partial charge in [-0.15, -0.1) is 24.8 Å². The molecule has 1 aliphatic rings. The van der Waals surface area contributed by atoms with Crippen molar-refractivity contribution in [3.05, 3.63) is 48.5 Å². The fourth-order valence-electron chi connectivity index (χ4n) is 3.01. The SMILES string of the molecule is Cl.Cl.NC(C(=O)N1CCCC(Cn2cncn2)C1)c1ccccc1. The zero-order valence-electron chi connectivity index (χ0n) is 13.3. The van der Waals surface area contributed by atoms with Crippen molar-refractivity contribution >= 4 is 30.7 Å². The molecule has 2 atom stereocenters. The monoisotopic (exact) mass is 371 g/mol. The zero-order valence-corrected chi connectivity index (χ0v) is 15.0. The van der Waals surface area contributed by atoms with E-state index in [1.165, 1.54) is 6.33 Å². The number of likely N-dealkylation sites (tertiary alicyclic amines) is 1. The molecule has 2 heterocycles. The summed E-state index contributed by atoms with van der Waals surface area (Å²) in [5.41, 5.74) is 7.00. The molecule has 1 aliphatic heterocycles. The number of nitrogens with zero attached hydrogens (tertiary/aromatic N) is 4. The van der Waals surface area contributed by atoms with Crippen LogP contribution in [0.1, 0.15) is 24.4 Å². The summed E-state index contributed by atoms with van der Waals surface area (Å²) in [6.07, 6.45) is 5.37. The Balaban J connectivity index is 0.00000144. The topological polar surface area (TPSA) is 77.0 Å². The van der Waals surface area contributed by atoms with Gasteiger partial charge < -0.3 is 10.6 Å². The zero-order chi connectivity index (χ0) is 15.4. The molecule has 132 valence electrons.